The Morgan fingerprint density at radius 2 is 2.23 bits per heavy atom. The van der Waals surface area contributed by atoms with Crippen LogP contribution < -0.4 is 0 Å². The Balaban J connectivity index is 2.39. The van der Waals surface area contributed by atoms with Crippen LogP contribution >= 0.6 is 0 Å². The highest BCUT2D eigenvalue weighted by molar-refractivity contribution is 5.12. The lowest BCUT2D eigenvalue weighted by Crippen LogP contribution is -2.02. The Morgan fingerprint density at radius 1 is 1.38 bits per heavy atom. The van der Waals surface area contributed by atoms with Crippen molar-refractivity contribution in [2.75, 3.05) is 0 Å². The average molecular weight is 179 g/mol. The molecule has 66 valence electrons. The highest BCUT2D eigenvalue weighted by Gasteiger charge is 2.09. The Bertz CT molecular complexity index is 418. The first-order valence-corrected chi connectivity index (χ1v) is 3.44. The maximum atomic E-state index is 10.3. The molecule has 0 atom stereocenters. The zero-order valence-corrected chi connectivity index (χ0v) is 6.44. The van der Waals surface area contributed by atoms with Gasteiger partial charge in [0.1, 0.15) is 12.5 Å². The second-order valence-corrected chi connectivity index (χ2v) is 2.31. The molecule has 0 fully saturated rings. The second kappa shape index (κ2) is 2.70. The zero-order chi connectivity index (χ0) is 9.26. The van der Waals surface area contributed by atoms with E-state index in [0.717, 1.165) is 0 Å². The van der Waals surface area contributed by atoms with Crippen molar-refractivity contribution in [1.82, 2.24) is 19.3 Å². The summed E-state index contributed by atoms with van der Waals surface area (Å²) in [5.41, 5.74) is 0. The lowest BCUT2D eigenvalue weighted by Gasteiger charge is -1.96. The molecule has 7 nitrogen and oxygen atoms in total. The normalized spacial score (nSPS) is 10.2. The number of nitro groups is 1. The number of hydrogen-bond acceptors (Lipinski definition) is 4. The van der Waals surface area contributed by atoms with Crippen LogP contribution in [0.4, 0.5) is 5.82 Å². The highest BCUT2D eigenvalue weighted by Crippen LogP contribution is 2.05. The summed E-state index contributed by atoms with van der Waals surface area (Å²) in [6.45, 7) is 0. The maximum absolute atomic E-state index is 10.3. The smallest absolute Gasteiger partial charge is 0.358 e. The summed E-state index contributed by atoms with van der Waals surface area (Å²) in [5.74, 6) is -0.186. The minimum atomic E-state index is -0.548. The molecule has 0 aliphatic carbocycles. The van der Waals surface area contributed by atoms with Crippen molar-refractivity contribution in [2.45, 2.75) is 0 Å². The lowest BCUT2D eigenvalue weighted by molar-refractivity contribution is -0.389. The van der Waals surface area contributed by atoms with E-state index in [2.05, 4.69) is 9.97 Å². The van der Waals surface area contributed by atoms with E-state index < -0.39 is 4.92 Å². The van der Waals surface area contributed by atoms with Gasteiger partial charge < -0.3 is 10.1 Å². The van der Waals surface area contributed by atoms with Crippen molar-refractivity contribution in [2.24, 2.45) is 0 Å². The van der Waals surface area contributed by atoms with E-state index in [1.54, 1.807) is 17.1 Å². The molecule has 0 aliphatic heterocycles. The monoisotopic (exact) mass is 179 g/mol. The molecule has 7 heteroatoms. The largest absolute Gasteiger partial charge is 0.383 e. The van der Waals surface area contributed by atoms with Gasteiger partial charge >= 0.3 is 5.82 Å². The van der Waals surface area contributed by atoms with E-state index in [0.29, 0.717) is 0 Å². The molecule has 0 spiro atoms. The van der Waals surface area contributed by atoms with Crippen LogP contribution in [-0.4, -0.2) is 24.2 Å². The molecule has 0 N–H and O–H groups in total. The molecule has 0 saturated heterocycles. The standard InChI is InChI=1S/C6H5N5O2/c12-11(13)6-3-10(5-8-6)9-2-1-7-4-9/h1-5H. The summed E-state index contributed by atoms with van der Waals surface area (Å²) >= 11 is 0. The maximum Gasteiger partial charge on any atom is 0.383 e. The summed E-state index contributed by atoms with van der Waals surface area (Å²) < 4.78 is 3.03. The van der Waals surface area contributed by atoms with Crippen molar-refractivity contribution in [3.63, 3.8) is 0 Å². The quantitative estimate of drug-likeness (QED) is 0.490. The van der Waals surface area contributed by atoms with Gasteiger partial charge in [0.2, 0.25) is 6.33 Å². The molecule has 13 heavy (non-hydrogen) atoms. The van der Waals surface area contributed by atoms with Gasteiger partial charge in [0.05, 0.1) is 0 Å². The van der Waals surface area contributed by atoms with E-state index in [9.17, 15) is 10.1 Å². The predicted molar refractivity (Wildman–Crippen MR) is 41.9 cm³/mol. The number of rotatable bonds is 2. The van der Waals surface area contributed by atoms with Crippen molar-refractivity contribution >= 4 is 5.82 Å². The van der Waals surface area contributed by atoms with Crippen molar-refractivity contribution in [3.05, 3.63) is 41.4 Å². The van der Waals surface area contributed by atoms with Gasteiger partial charge in [-0.15, -0.1) is 0 Å². The third-order valence-electron chi connectivity index (χ3n) is 1.50. The average Bonchev–Trinajstić information content (AvgIpc) is 2.75. The van der Waals surface area contributed by atoms with Crippen molar-refractivity contribution < 1.29 is 4.92 Å². The summed E-state index contributed by atoms with van der Waals surface area (Å²) in [5, 5.41) is 10.3. The second-order valence-electron chi connectivity index (χ2n) is 2.31. The van der Waals surface area contributed by atoms with Gasteiger partial charge in [-0.25, -0.2) is 14.3 Å². The van der Waals surface area contributed by atoms with Gasteiger partial charge in [0.25, 0.3) is 0 Å². The molecule has 2 aromatic rings. The minimum Gasteiger partial charge on any atom is -0.358 e. The molecular weight excluding hydrogens is 174 g/mol. The molecule has 2 heterocycles. The van der Waals surface area contributed by atoms with Gasteiger partial charge in [-0.3, -0.25) is 0 Å². The highest BCUT2D eigenvalue weighted by atomic mass is 16.6. The fourth-order valence-electron chi connectivity index (χ4n) is 0.913. The van der Waals surface area contributed by atoms with Crippen molar-refractivity contribution in [1.29, 1.82) is 0 Å². The minimum absolute atomic E-state index is 0.186. The third-order valence-corrected chi connectivity index (χ3v) is 1.50. The Morgan fingerprint density at radius 3 is 2.77 bits per heavy atom. The van der Waals surface area contributed by atoms with Crippen LogP contribution in [0.5, 0.6) is 0 Å². The Kier molecular flexibility index (Phi) is 1.55. The molecule has 2 aromatic heterocycles. The van der Waals surface area contributed by atoms with Gasteiger partial charge in [-0.05, 0) is 9.91 Å². The SMILES string of the molecule is O=[N+]([O-])c1cn(-n2ccnc2)cn1. The lowest BCUT2D eigenvalue weighted by atomic mass is 10.8. The summed E-state index contributed by atoms with van der Waals surface area (Å²) in [4.78, 5) is 17.1. The molecule has 0 aromatic carbocycles. The van der Waals surface area contributed by atoms with Gasteiger partial charge in [-0.1, -0.05) is 0 Å². The number of imidazole rings is 2. The van der Waals surface area contributed by atoms with Crippen LogP contribution in [0.25, 0.3) is 0 Å². The van der Waals surface area contributed by atoms with Gasteiger partial charge in [-0.2, -0.15) is 0 Å². The van der Waals surface area contributed by atoms with E-state index in [1.165, 1.54) is 23.5 Å². The van der Waals surface area contributed by atoms with E-state index >= 15 is 0 Å². The summed E-state index contributed by atoms with van der Waals surface area (Å²) in [7, 11) is 0. The van der Waals surface area contributed by atoms with E-state index in [-0.39, 0.29) is 5.82 Å². The fourth-order valence-corrected chi connectivity index (χ4v) is 0.913. The number of aromatic nitrogens is 4. The Hall–Kier alpha value is -2.18. The molecule has 0 radical (unpaired) electrons. The van der Waals surface area contributed by atoms with Crippen molar-refractivity contribution in [3.8, 4) is 0 Å². The first-order valence-electron chi connectivity index (χ1n) is 3.44. The molecule has 0 amide bonds. The predicted octanol–water partition coefficient (Wildman–Crippen LogP) is 0.299. The first-order chi connectivity index (χ1) is 6.27. The molecule has 0 saturated carbocycles. The molecular formula is C6H5N5O2. The summed E-state index contributed by atoms with van der Waals surface area (Å²) in [6.07, 6.45) is 7.41. The van der Waals surface area contributed by atoms with Gasteiger partial charge in [0.15, 0.2) is 0 Å². The van der Waals surface area contributed by atoms with Crippen LogP contribution in [0.1, 0.15) is 0 Å². The van der Waals surface area contributed by atoms with Crippen LogP contribution in [0, 0.1) is 10.1 Å². The van der Waals surface area contributed by atoms with E-state index in [4.69, 9.17) is 0 Å². The van der Waals surface area contributed by atoms with Crippen LogP contribution in [0.3, 0.4) is 0 Å². The van der Waals surface area contributed by atoms with Crippen LogP contribution in [-0.2, 0) is 0 Å². The third kappa shape index (κ3) is 1.26. The zero-order valence-electron chi connectivity index (χ0n) is 6.44. The molecule has 0 unspecified atom stereocenters. The van der Waals surface area contributed by atoms with E-state index in [1.807, 2.05) is 0 Å². The molecule has 0 aliphatic rings. The topological polar surface area (TPSA) is 78.8 Å². The molecule has 0 bridgehead atoms. The molecule has 2 rings (SSSR count). The first kappa shape index (κ1) is 7.47. The fraction of sp³-hybridized carbons (Fsp3) is 0. The number of nitrogens with zero attached hydrogens (tertiary/aromatic N) is 5. The van der Waals surface area contributed by atoms with Crippen LogP contribution in [0.15, 0.2) is 31.2 Å². The Labute approximate surface area is 72.4 Å². The number of hydrogen-bond donors (Lipinski definition) is 0. The van der Waals surface area contributed by atoms with Crippen LogP contribution in [0.2, 0.25) is 0 Å². The van der Waals surface area contributed by atoms with Gasteiger partial charge in [0, 0.05) is 12.4 Å². The summed E-state index contributed by atoms with van der Waals surface area (Å²) in [6, 6.07) is 0.